The fraction of sp³-hybridized carbons (Fsp3) is 0.200. The van der Waals surface area contributed by atoms with E-state index in [2.05, 4.69) is 34.4 Å². The number of halogens is 2. The maximum absolute atomic E-state index is 14.7. The van der Waals surface area contributed by atoms with Crippen molar-refractivity contribution in [2.75, 3.05) is 0 Å². The smallest absolute Gasteiger partial charge is 0.135 e. The number of fused-ring (bicyclic) bond motifs is 1. The lowest BCUT2D eigenvalue weighted by Gasteiger charge is -2.10. The second-order valence-corrected chi connectivity index (χ2v) is 7.98. The minimum atomic E-state index is -0.617. The first kappa shape index (κ1) is 20.2. The van der Waals surface area contributed by atoms with E-state index in [0.29, 0.717) is 17.0 Å². The van der Waals surface area contributed by atoms with E-state index in [1.165, 1.54) is 17.7 Å². The first-order valence-electron chi connectivity index (χ1n) is 9.86. The molecule has 4 rings (SSSR count). The van der Waals surface area contributed by atoms with Gasteiger partial charge in [-0.15, -0.1) is 0 Å². The van der Waals surface area contributed by atoms with E-state index in [4.69, 9.17) is 0 Å². The van der Waals surface area contributed by atoms with Crippen molar-refractivity contribution in [1.82, 2.24) is 8.75 Å². The normalized spacial score (nSPS) is 11.9. The van der Waals surface area contributed by atoms with E-state index in [0.717, 1.165) is 41.2 Å². The molecule has 5 heteroatoms. The van der Waals surface area contributed by atoms with Crippen LogP contribution in [0.4, 0.5) is 8.78 Å². The molecule has 0 saturated heterocycles. The van der Waals surface area contributed by atoms with Crippen LogP contribution in [0.3, 0.4) is 0 Å². The van der Waals surface area contributed by atoms with Gasteiger partial charge < -0.3 is 0 Å². The van der Waals surface area contributed by atoms with Crippen LogP contribution in [0.25, 0.3) is 22.2 Å². The summed E-state index contributed by atoms with van der Waals surface area (Å²) in [5.41, 5.74) is 4.25. The Morgan fingerprint density at radius 2 is 1.53 bits per heavy atom. The van der Waals surface area contributed by atoms with Crippen LogP contribution in [0.1, 0.15) is 37.0 Å². The molecule has 0 radical (unpaired) electrons. The second kappa shape index (κ2) is 8.73. The highest BCUT2D eigenvalue weighted by atomic mass is 32.1. The van der Waals surface area contributed by atoms with Crippen molar-refractivity contribution in [3.63, 3.8) is 0 Å². The standard InChI is InChI=1S/C25H20F2N2S/c1-3-16(2)12-17-6-9-20(10-7-17)25-21(26)13-19(14-22(25)27)5-4-18-8-11-23-24(15-18)29-30-28-23/h6-11,13-16H,3,12H2,1-2H3. The van der Waals surface area contributed by atoms with Crippen LogP contribution in [0.2, 0.25) is 0 Å². The van der Waals surface area contributed by atoms with Crippen LogP contribution in [-0.2, 0) is 6.42 Å². The number of rotatable bonds is 4. The number of hydrogen-bond acceptors (Lipinski definition) is 3. The van der Waals surface area contributed by atoms with Gasteiger partial charge in [0.1, 0.15) is 22.7 Å². The summed E-state index contributed by atoms with van der Waals surface area (Å²) in [5, 5.41) is 0. The van der Waals surface area contributed by atoms with E-state index < -0.39 is 11.6 Å². The Morgan fingerprint density at radius 3 is 2.23 bits per heavy atom. The average Bonchev–Trinajstić information content (AvgIpc) is 3.21. The molecule has 0 fully saturated rings. The predicted molar refractivity (Wildman–Crippen MR) is 118 cm³/mol. The maximum atomic E-state index is 14.7. The molecule has 0 saturated carbocycles. The zero-order chi connectivity index (χ0) is 21.1. The summed E-state index contributed by atoms with van der Waals surface area (Å²) in [5.74, 6) is 5.13. The highest BCUT2D eigenvalue weighted by molar-refractivity contribution is 7.00. The Kier molecular flexibility index (Phi) is 5.87. The zero-order valence-corrected chi connectivity index (χ0v) is 17.6. The van der Waals surface area contributed by atoms with Crippen molar-refractivity contribution >= 4 is 22.8 Å². The largest absolute Gasteiger partial charge is 0.206 e. The lowest BCUT2D eigenvalue weighted by atomic mass is 9.96. The van der Waals surface area contributed by atoms with Gasteiger partial charge in [-0.2, -0.15) is 8.75 Å². The van der Waals surface area contributed by atoms with E-state index in [-0.39, 0.29) is 5.56 Å². The van der Waals surface area contributed by atoms with Crippen molar-refractivity contribution < 1.29 is 8.78 Å². The Hall–Kier alpha value is -3.10. The minimum absolute atomic E-state index is 0.0226. The van der Waals surface area contributed by atoms with Gasteiger partial charge in [-0.05, 0) is 53.8 Å². The van der Waals surface area contributed by atoms with Crippen LogP contribution in [0.15, 0.2) is 54.6 Å². The first-order chi connectivity index (χ1) is 14.5. The zero-order valence-electron chi connectivity index (χ0n) is 16.7. The summed E-state index contributed by atoms with van der Waals surface area (Å²) in [4.78, 5) is 0. The molecule has 0 aliphatic heterocycles. The summed E-state index contributed by atoms with van der Waals surface area (Å²) in [6, 6.07) is 15.5. The number of aromatic nitrogens is 2. The molecule has 4 aromatic rings. The third-order valence-electron chi connectivity index (χ3n) is 5.17. The molecule has 2 nitrogen and oxygen atoms in total. The molecule has 0 aliphatic carbocycles. The Labute approximate surface area is 178 Å². The van der Waals surface area contributed by atoms with Crippen LogP contribution >= 0.6 is 11.7 Å². The number of benzene rings is 3. The molecule has 0 aliphatic rings. The first-order valence-corrected chi connectivity index (χ1v) is 10.6. The monoisotopic (exact) mass is 418 g/mol. The van der Waals surface area contributed by atoms with E-state index in [1.54, 1.807) is 12.1 Å². The quantitative estimate of drug-likeness (QED) is 0.348. The molecule has 0 spiro atoms. The molecule has 1 heterocycles. The second-order valence-electron chi connectivity index (χ2n) is 7.45. The lowest BCUT2D eigenvalue weighted by Crippen LogP contribution is -1.98. The summed E-state index contributed by atoms with van der Waals surface area (Å²) >= 11 is 1.14. The van der Waals surface area contributed by atoms with Crippen LogP contribution in [0, 0.1) is 29.4 Å². The van der Waals surface area contributed by atoms with Gasteiger partial charge in [0.15, 0.2) is 0 Å². The van der Waals surface area contributed by atoms with Crippen molar-refractivity contribution in [2.45, 2.75) is 26.7 Å². The van der Waals surface area contributed by atoms with E-state index in [9.17, 15) is 8.78 Å². The van der Waals surface area contributed by atoms with Gasteiger partial charge >= 0.3 is 0 Å². The van der Waals surface area contributed by atoms with Gasteiger partial charge in [-0.1, -0.05) is 56.4 Å². The molecular weight excluding hydrogens is 398 g/mol. The fourth-order valence-electron chi connectivity index (χ4n) is 3.28. The van der Waals surface area contributed by atoms with Gasteiger partial charge in [0, 0.05) is 11.1 Å². The van der Waals surface area contributed by atoms with Crippen molar-refractivity contribution in [3.05, 3.63) is 82.9 Å². The van der Waals surface area contributed by atoms with E-state index >= 15 is 0 Å². The van der Waals surface area contributed by atoms with Crippen molar-refractivity contribution in [3.8, 4) is 23.0 Å². The Morgan fingerprint density at radius 1 is 0.867 bits per heavy atom. The third kappa shape index (κ3) is 4.39. The van der Waals surface area contributed by atoms with Crippen LogP contribution in [-0.4, -0.2) is 8.75 Å². The molecule has 3 aromatic carbocycles. The Bertz CT molecular complexity index is 1230. The summed E-state index contributed by atoms with van der Waals surface area (Å²) < 4.78 is 37.8. The van der Waals surface area contributed by atoms with Crippen LogP contribution < -0.4 is 0 Å². The highest BCUT2D eigenvalue weighted by Crippen LogP contribution is 2.28. The molecule has 0 N–H and O–H groups in total. The van der Waals surface area contributed by atoms with Gasteiger partial charge in [0.2, 0.25) is 0 Å². The summed E-state index contributed by atoms with van der Waals surface area (Å²) in [6.07, 6.45) is 2.06. The summed E-state index contributed by atoms with van der Waals surface area (Å²) in [6.45, 7) is 4.35. The molecule has 1 unspecified atom stereocenters. The van der Waals surface area contributed by atoms with Gasteiger partial charge in [0.25, 0.3) is 0 Å². The average molecular weight is 419 g/mol. The number of hydrogen-bond donors (Lipinski definition) is 0. The van der Waals surface area contributed by atoms with Gasteiger partial charge in [0.05, 0.1) is 17.3 Å². The molecule has 0 amide bonds. The SMILES string of the molecule is CCC(C)Cc1ccc(-c2c(F)cc(C#Cc3ccc4nsnc4c3)cc2F)cc1. The van der Waals surface area contributed by atoms with Crippen molar-refractivity contribution in [1.29, 1.82) is 0 Å². The minimum Gasteiger partial charge on any atom is -0.206 e. The van der Waals surface area contributed by atoms with E-state index in [1.807, 2.05) is 30.3 Å². The predicted octanol–water partition coefficient (Wildman–Crippen LogP) is 6.62. The van der Waals surface area contributed by atoms with Gasteiger partial charge in [-0.3, -0.25) is 0 Å². The number of nitrogens with zero attached hydrogens (tertiary/aromatic N) is 2. The fourth-order valence-corrected chi connectivity index (χ4v) is 3.80. The lowest BCUT2D eigenvalue weighted by molar-refractivity contribution is 0.560. The molecule has 1 atom stereocenters. The topological polar surface area (TPSA) is 25.8 Å². The van der Waals surface area contributed by atoms with Gasteiger partial charge in [-0.25, -0.2) is 8.78 Å². The summed E-state index contributed by atoms with van der Waals surface area (Å²) in [7, 11) is 0. The van der Waals surface area contributed by atoms with Crippen LogP contribution in [0.5, 0.6) is 0 Å². The molecule has 150 valence electrons. The third-order valence-corrected chi connectivity index (χ3v) is 5.73. The Balaban J connectivity index is 1.59. The molecular formula is C25H20F2N2S. The van der Waals surface area contributed by atoms with Crippen molar-refractivity contribution in [2.24, 2.45) is 5.92 Å². The molecule has 0 bridgehead atoms. The maximum Gasteiger partial charge on any atom is 0.135 e. The highest BCUT2D eigenvalue weighted by Gasteiger charge is 2.13. The molecule has 30 heavy (non-hydrogen) atoms. The molecule has 1 aromatic heterocycles.